The molecular weight excluding hydrogens is 210 g/mol. The maximum absolute atomic E-state index is 12.0. The van der Waals surface area contributed by atoms with Gasteiger partial charge in [0.1, 0.15) is 0 Å². The summed E-state index contributed by atoms with van der Waals surface area (Å²) < 4.78 is 0. The second-order valence-corrected chi connectivity index (χ2v) is 4.30. The first-order valence-corrected chi connectivity index (χ1v) is 5.70. The average molecular weight is 224 g/mol. The Morgan fingerprint density at radius 1 is 1.07 bits per heavy atom. The number of hydrogen-bond acceptors (Lipinski definition) is 1. The third-order valence-electron chi connectivity index (χ3n) is 2.73. The summed E-state index contributed by atoms with van der Waals surface area (Å²) in [5.41, 5.74) is 0.737. The lowest BCUT2D eigenvalue weighted by Gasteiger charge is -2.26. The summed E-state index contributed by atoms with van der Waals surface area (Å²) in [6, 6.07) is 7.11. The van der Waals surface area contributed by atoms with Gasteiger partial charge in [0, 0.05) is 23.7 Å². The van der Waals surface area contributed by atoms with E-state index in [1.807, 2.05) is 4.90 Å². The van der Waals surface area contributed by atoms with Crippen molar-refractivity contribution in [2.75, 3.05) is 13.1 Å². The van der Waals surface area contributed by atoms with E-state index in [2.05, 4.69) is 0 Å². The molecule has 1 heterocycles. The van der Waals surface area contributed by atoms with Crippen LogP contribution in [0.3, 0.4) is 0 Å². The molecular formula is C12H14ClNO. The third-order valence-corrected chi connectivity index (χ3v) is 2.99. The normalized spacial score (nSPS) is 16.5. The SMILES string of the molecule is O=C(c1ccc(Cl)cc1)N1CCCCC1. The van der Waals surface area contributed by atoms with Gasteiger partial charge >= 0.3 is 0 Å². The summed E-state index contributed by atoms with van der Waals surface area (Å²) in [5.74, 6) is 0.131. The van der Waals surface area contributed by atoms with Crippen LogP contribution in [0.15, 0.2) is 24.3 Å². The van der Waals surface area contributed by atoms with Gasteiger partial charge < -0.3 is 4.90 Å². The third kappa shape index (κ3) is 2.51. The smallest absolute Gasteiger partial charge is 0.253 e. The van der Waals surface area contributed by atoms with E-state index in [9.17, 15) is 4.79 Å². The molecule has 1 aliphatic heterocycles. The fraction of sp³-hybridized carbons (Fsp3) is 0.417. The number of likely N-dealkylation sites (tertiary alicyclic amines) is 1. The highest BCUT2D eigenvalue weighted by atomic mass is 35.5. The molecule has 0 atom stereocenters. The van der Waals surface area contributed by atoms with Crippen LogP contribution in [-0.2, 0) is 0 Å². The van der Waals surface area contributed by atoms with E-state index in [-0.39, 0.29) is 5.91 Å². The lowest BCUT2D eigenvalue weighted by Crippen LogP contribution is -2.35. The maximum Gasteiger partial charge on any atom is 0.253 e. The van der Waals surface area contributed by atoms with Crippen LogP contribution in [0, 0.1) is 0 Å². The summed E-state index contributed by atoms with van der Waals surface area (Å²) >= 11 is 5.78. The molecule has 3 heteroatoms. The van der Waals surface area contributed by atoms with E-state index in [0.717, 1.165) is 31.5 Å². The molecule has 1 amide bonds. The van der Waals surface area contributed by atoms with E-state index in [0.29, 0.717) is 5.02 Å². The molecule has 1 saturated heterocycles. The highest BCUT2D eigenvalue weighted by Gasteiger charge is 2.17. The summed E-state index contributed by atoms with van der Waals surface area (Å²) in [6.07, 6.45) is 3.49. The van der Waals surface area contributed by atoms with Crippen molar-refractivity contribution in [1.82, 2.24) is 4.90 Å². The molecule has 1 aromatic rings. The van der Waals surface area contributed by atoms with Crippen molar-refractivity contribution in [3.63, 3.8) is 0 Å². The van der Waals surface area contributed by atoms with Crippen molar-refractivity contribution < 1.29 is 4.79 Å². The standard InChI is InChI=1S/C12H14ClNO/c13-11-6-4-10(5-7-11)12(15)14-8-2-1-3-9-14/h4-7H,1-3,8-9H2. The highest BCUT2D eigenvalue weighted by molar-refractivity contribution is 6.30. The number of carbonyl (C=O) groups excluding carboxylic acids is 1. The van der Waals surface area contributed by atoms with Gasteiger partial charge in [-0.3, -0.25) is 4.79 Å². The van der Waals surface area contributed by atoms with E-state index >= 15 is 0 Å². The van der Waals surface area contributed by atoms with Crippen molar-refractivity contribution in [3.8, 4) is 0 Å². The molecule has 1 aliphatic rings. The summed E-state index contributed by atoms with van der Waals surface area (Å²) in [4.78, 5) is 13.9. The Kier molecular flexibility index (Phi) is 3.27. The van der Waals surface area contributed by atoms with Crippen LogP contribution in [-0.4, -0.2) is 23.9 Å². The van der Waals surface area contributed by atoms with Crippen LogP contribution in [0.1, 0.15) is 29.6 Å². The van der Waals surface area contributed by atoms with Crippen LogP contribution in [0.4, 0.5) is 0 Å². The van der Waals surface area contributed by atoms with Gasteiger partial charge in [0.2, 0.25) is 0 Å². The Hall–Kier alpha value is -1.02. The number of rotatable bonds is 1. The van der Waals surface area contributed by atoms with Gasteiger partial charge in [-0.2, -0.15) is 0 Å². The number of hydrogen-bond donors (Lipinski definition) is 0. The van der Waals surface area contributed by atoms with Crippen LogP contribution in [0.5, 0.6) is 0 Å². The minimum Gasteiger partial charge on any atom is -0.339 e. The van der Waals surface area contributed by atoms with Crippen LogP contribution in [0.2, 0.25) is 5.02 Å². The monoisotopic (exact) mass is 223 g/mol. The summed E-state index contributed by atoms with van der Waals surface area (Å²) in [5, 5.41) is 0.671. The molecule has 15 heavy (non-hydrogen) atoms. The van der Waals surface area contributed by atoms with Gasteiger partial charge in [-0.15, -0.1) is 0 Å². The maximum atomic E-state index is 12.0. The minimum absolute atomic E-state index is 0.131. The first kappa shape index (κ1) is 10.5. The van der Waals surface area contributed by atoms with Gasteiger partial charge in [0.15, 0.2) is 0 Å². The molecule has 0 aromatic heterocycles. The van der Waals surface area contributed by atoms with Crippen LogP contribution in [0.25, 0.3) is 0 Å². The average Bonchev–Trinajstić information content (AvgIpc) is 2.30. The van der Waals surface area contributed by atoms with Crippen molar-refractivity contribution >= 4 is 17.5 Å². The Bertz CT molecular complexity index is 341. The van der Waals surface area contributed by atoms with E-state index in [1.165, 1.54) is 6.42 Å². The van der Waals surface area contributed by atoms with Crippen molar-refractivity contribution in [2.45, 2.75) is 19.3 Å². The number of halogens is 1. The first-order valence-electron chi connectivity index (χ1n) is 5.32. The van der Waals surface area contributed by atoms with Gasteiger partial charge in [0.25, 0.3) is 5.91 Å². The predicted octanol–water partition coefficient (Wildman–Crippen LogP) is 2.97. The quantitative estimate of drug-likeness (QED) is 0.717. The Morgan fingerprint density at radius 3 is 2.27 bits per heavy atom. The predicted molar refractivity (Wildman–Crippen MR) is 61.2 cm³/mol. The fourth-order valence-electron chi connectivity index (χ4n) is 1.87. The van der Waals surface area contributed by atoms with Crippen LogP contribution >= 0.6 is 11.6 Å². The van der Waals surface area contributed by atoms with Gasteiger partial charge in [0.05, 0.1) is 0 Å². The molecule has 0 radical (unpaired) electrons. The number of piperidine rings is 1. The molecule has 1 aromatic carbocycles. The molecule has 2 rings (SSSR count). The topological polar surface area (TPSA) is 20.3 Å². The molecule has 0 N–H and O–H groups in total. The summed E-state index contributed by atoms with van der Waals surface area (Å²) in [6.45, 7) is 1.78. The molecule has 0 bridgehead atoms. The van der Waals surface area contributed by atoms with E-state index in [4.69, 9.17) is 11.6 Å². The number of carbonyl (C=O) groups is 1. The van der Waals surface area contributed by atoms with Crippen molar-refractivity contribution in [2.24, 2.45) is 0 Å². The zero-order valence-electron chi connectivity index (χ0n) is 8.58. The number of benzene rings is 1. The van der Waals surface area contributed by atoms with Gasteiger partial charge in [-0.1, -0.05) is 11.6 Å². The molecule has 80 valence electrons. The zero-order valence-corrected chi connectivity index (χ0v) is 9.33. The Labute approximate surface area is 94.8 Å². The fourth-order valence-corrected chi connectivity index (χ4v) is 2.00. The molecule has 2 nitrogen and oxygen atoms in total. The largest absolute Gasteiger partial charge is 0.339 e. The molecule has 0 unspecified atom stereocenters. The minimum atomic E-state index is 0.131. The number of amides is 1. The van der Waals surface area contributed by atoms with Gasteiger partial charge in [-0.05, 0) is 43.5 Å². The van der Waals surface area contributed by atoms with E-state index < -0.39 is 0 Å². The second-order valence-electron chi connectivity index (χ2n) is 3.86. The first-order chi connectivity index (χ1) is 7.27. The Balaban J connectivity index is 2.09. The van der Waals surface area contributed by atoms with E-state index in [1.54, 1.807) is 24.3 Å². The Morgan fingerprint density at radius 2 is 1.67 bits per heavy atom. The molecule has 1 fully saturated rings. The highest BCUT2D eigenvalue weighted by Crippen LogP contribution is 2.15. The summed E-state index contributed by atoms with van der Waals surface area (Å²) in [7, 11) is 0. The lowest BCUT2D eigenvalue weighted by atomic mass is 10.1. The van der Waals surface area contributed by atoms with Crippen LogP contribution < -0.4 is 0 Å². The van der Waals surface area contributed by atoms with Gasteiger partial charge in [-0.25, -0.2) is 0 Å². The second kappa shape index (κ2) is 4.67. The number of nitrogens with zero attached hydrogens (tertiary/aromatic N) is 1. The molecule has 0 aliphatic carbocycles. The molecule has 0 spiro atoms. The van der Waals surface area contributed by atoms with Crippen molar-refractivity contribution in [3.05, 3.63) is 34.9 Å². The molecule has 0 saturated carbocycles. The lowest BCUT2D eigenvalue weighted by molar-refractivity contribution is 0.0724. The zero-order chi connectivity index (χ0) is 10.7. The van der Waals surface area contributed by atoms with Crippen molar-refractivity contribution in [1.29, 1.82) is 0 Å².